The van der Waals surface area contributed by atoms with Crippen molar-refractivity contribution in [3.63, 3.8) is 0 Å². The van der Waals surface area contributed by atoms with E-state index in [9.17, 15) is 19.5 Å². The van der Waals surface area contributed by atoms with Crippen LogP contribution in [0.5, 0.6) is 11.5 Å². The molecule has 222 valence electrons. The molecule has 0 aliphatic heterocycles. The fraction of sp³-hybridized carbons (Fsp3) is 0.382. The Balaban J connectivity index is 1.81. The molecule has 0 saturated heterocycles. The quantitative estimate of drug-likeness (QED) is 0.209. The molecule has 1 fully saturated rings. The molecule has 3 aromatic carbocycles. The van der Waals surface area contributed by atoms with E-state index in [0.29, 0.717) is 35.0 Å². The molecule has 4 atom stereocenters. The number of hydrogen-bond donors (Lipinski definition) is 3. The van der Waals surface area contributed by atoms with E-state index >= 15 is 0 Å². The number of carbonyl (C=O) groups excluding carboxylic acids is 3. The first-order chi connectivity index (χ1) is 20.1. The third kappa shape index (κ3) is 6.65. The van der Waals surface area contributed by atoms with Gasteiger partial charge in [-0.25, -0.2) is 0 Å². The van der Waals surface area contributed by atoms with Gasteiger partial charge in [-0.1, -0.05) is 55.8 Å². The van der Waals surface area contributed by atoms with Gasteiger partial charge in [-0.05, 0) is 68.1 Å². The van der Waals surface area contributed by atoms with Crippen LogP contribution < -0.4 is 20.1 Å². The van der Waals surface area contributed by atoms with Crippen LogP contribution in [0.3, 0.4) is 0 Å². The van der Waals surface area contributed by atoms with Crippen LogP contribution in [0, 0.1) is 25.7 Å². The standard InChI is InChI=1S/C34H40N2O6/c1-6-7-18-42-27-17-16-23(19-28(27)41-5)29-30(32(38)35-24-14-10-8-12-21(24)2)26(37)20-34(4,40)31(29)33(39)36-25-15-11-9-13-22(25)3/h8-17,19,29-31,40H,6-7,18,20H2,1-5H3,(H,35,38)(H,36,39). The highest BCUT2D eigenvalue weighted by Gasteiger charge is 2.56. The number of aliphatic hydroxyl groups is 1. The van der Waals surface area contributed by atoms with Crippen molar-refractivity contribution in [2.75, 3.05) is 24.4 Å². The van der Waals surface area contributed by atoms with Gasteiger partial charge in [-0.3, -0.25) is 14.4 Å². The number of amides is 2. The first kappa shape index (κ1) is 30.8. The molecule has 3 N–H and O–H groups in total. The second-order valence-electron chi connectivity index (χ2n) is 11.2. The highest BCUT2D eigenvalue weighted by atomic mass is 16.5. The Kier molecular flexibility index (Phi) is 9.68. The Morgan fingerprint density at radius 2 is 1.52 bits per heavy atom. The molecule has 3 aromatic rings. The molecular weight excluding hydrogens is 532 g/mol. The largest absolute Gasteiger partial charge is 0.493 e. The lowest BCUT2D eigenvalue weighted by Crippen LogP contribution is -2.56. The Labute approximate surface area is 247 Å². The van der Waals surface area contributed by atoms with E-state index in [1.165, 1.54) is 14.0 Å². The molecule has 8 heteroatoms. The van der Waals surface area contributed by atoms with Crippen LogP contribution in [-0.4, -0.2) is 42.0 Å². The number of carbonyl (C=O) groups is 3. The molecule has 1 aliphatic carbocycles. The van der Waals surface area contributed by atoms with Crippen LogP contribution in [0.1, 0.15) is 55.7 Å². The Hall–Kier alpha value is -4.17. The lowest BCUT2D eigenvalue weighted by atomic mass is 9.61. The van der Waals surface area contributed by atoms with E-state index in [1.54, 1.807) is 36.4 Å². The van der Waals surface area contributed by atoms with E-state index in [-0.39, 0.29) is 6.42 Å². The maximum absolute atomic E-state index is 14.0. The van der Waals surface area contributed by atoms with Crippen molar-refractivity contribution in [1.29, 1.82) is 0 Å². The molecule has 42 heavy (non-hydrogen) atoms. The number of ketones is 1. The first-order valence-electron chi connectivity index (χ1n) is 14.4. The summed E-state index contributed by atoms with van der Waals surface area (Å²) in [6.07, 6.45) is 1.48. The maximum atomic E-state index is 14.0. The summed E-state index contributed by atoms with van der Waals surface area (Å²) < 4.78 is 11.5. The summed E-state index contributed by atoms with van der Waals surface area (Å²) >= 11 is 0. The zero-order chi connectivity index (χ0) is 30.4. The van der Waals surface area contributed by atoms with Gasteiger partial charge in [0, 0.05) is 23.7 Å². The molecule has 1 saturated carbocycles. The number of Topliss-reactive ketones (excluding diaryl/α,β-unsaturated/α-hetero) is 1. The van der Waals surface area contributed by atoms with Gasteiger partial charge in [0.2, 0.25) is 11.8 Å². The predicted octanol–water partition coefficient (Wildman–Crippen LogP) is 5.81. The molecule has 0 bridgehead atoms. The normalized spacial score (nSPS) is 21.9. The maximum Gasteiger partial charge on any atom is 0.235 e. The van der Waals surface area contributed by atoms with Crippen molar-refractivity contribution in [3.8, 4) is 11.5 Å². The average Bonchev–Trinajstić information content (AvgIpc) is 2.94. The lowest BCUT2D eigenvalue weighted by molar-refractivity contribution is -0.150. The minimum Gasteiger partial charge on any atom is -0.493 e. The van der Waals surface area contributed by atoms with Crippen LogP contribution in [0.4, 0.5) is 11.4 Å². The van der Waals surface area contributed by atoms with Gasteiger partial charge in [0.05, 0.1) is 25.2 Å². The highest BCUT2D eigenvalue weighted by Crippen LogP contribution is 2.48. The number of anilines is 2. The van der Waals surface area contributed by atoms with Gasteiger partial charge in [-0.2, -0.15) is 0 Å². The van der Waals surface area contributed by atoms with Gasteiger partial charge < -0.3 is 25.2 Å². The third-order valence-electron chi connectivity index (χ3n) is 7.97. The summed E-state index contributed by atoms with van der Waals surface area (Å²) in [5.74, 6) is -3.91. The molecule has 0 heterocycles. The summed E-state index contributed by atoms with van der Waals surface area (Å²) in [5.41, 5.74) is 1.63. The predicted molar refractivity (Wildman–Crippen MR) is 163 cm³/mol. The molecule has 1 aliphatic rings. The van der Waals surface area contributed by atoms with Crippen molar-refractivity contribution in [2.24, 2.45) is 11.8 Å². The average molecular weight is 573 g/mol. The van der Waals surface area contributed by atoms with E-state index < -0.39 is 41.0 Å². The second-order valence-corrected chi connectivity index (χ2v) is 11.2. The number of aryl methyl sites for hydroxylation is 2. The van der Waals surface area contributed by atoms with E-state index in [2.05, 4.69) is 17.6 Å². The molecule has 4 rings (SSSR count). The van der Waals surface area contributed by atoms with Crippen molar-refractivity contribution < 1.29 is 29.0 Å². The minimum atomic E-state index is -1.72. The third-order valence-corrected chi connectivity index (χ3v) is 7.97. The van der Waals surface area contributed by atoms with Gasteiger partial charge in [0.25, 0.3) is 0 Å². The summed E-state index contributed by atoms with van der Waals surface area (Å²) in [4.78, 5) is 41.6. The number of para-hydroxylation sites is 2. The van der Waals surface area contributed by atoms with Crippen LogP contribution in [0.15, 0.2) is 66.7 Å². The molecule has 8 nitrogen and oxygen atoms in total. The van der Waals surface area contributed by atoms with Crippen LogP contribution in [0.25, 0.3) is 0 Å². The van der Waals surface area contributed by atoms with Crippen molar-refractivity contribution >= 4 is 29.0 Å². The van der Waals surface area contributed by atoms with Crippen LogP contribution in [-0.2, 0) is 14.4 Å². The summed E-state index contributed by atoms with van der Waals surface area (Å²) in [5, 5.41) is 17.5. The van der Waals surface area contributed by atoms with Crippen molar-refractivity contribution in [1.82, 2.24) is 0 Å². The number of hydrogen-bond acceptors (Lipinski definition) is 6. The number of benzene rings is 3. The van der Waals surface area contributed by atoms with Gasteiger partial charge >= 0.3 is 0 Å². The van der Waals surface area contributed by atoms with Crippen molar-refractivity contribution in [3.05, 3.63) is 83.4 Å². The number of ether oxygens (including phenoxy) is 2. The Bertz CT molecular complexity index is 1450. The first-order valence-corrected chi connectivity index (χ1v) is 14.4. The summed E-state index contributed by atoms with van der Waals surface area (Å²) in [6, 6.07) is 19.8. The number of unbranched alkanes of at least 4 members (excludes halogenated alkanes) is 1. The molecule has 0 aromatic heterocycles. The highest BCUT2D eigenvalue weighted by molar-refractivity contribution is 6.10. The zero-order valence-corrected chi connectivity index (χ0v) is 24.9. The fourth-order valence-corrected chi connectivity index (χ4v) is 5.68. The lowest BCUT2D eigenvalue weighted by Gasteiger charge is -2.44. The van der Waals surface area contributed by atoms with Crippen LogP contribution in [0.2, 0.25) is 0 Å². The molecule has 0 radical (unpaired) electrons. The SMILES string of the molecule is CCCCOc1ccc(C2C(C(=O)Nc3ccccc3C)C(=O)CC(C)(O)C2C(=O)Nc2ccccc2C)cc1OC. The molecule has 4 unspecified atom stereocenters. The van der Waals surface area contributed by atoms with E-state index in [4.69, 9.17) is 9.47 Å². The number of nitrogens with one attached hydrogen (secondary N) is 2. The monoisotopic (exact) mass is 572 g/mol. The second kappa shape index (κ2) is 13.2. The number of methoxy groups -OCH3 is 1. The zero-order valence-electron chi connectivity index (χ0n) is 24.9. The molecule has 0 spiro atoms. The van der Waals surface area contributed by atoms with E-state index in [1.807, 2.05) is 44.2 Å². The molecular formula is C34H40N2O6. The van der Waals surface area contributed by atoms with Gasteiger partial charge in [0.1, 0.15) is 11.7 Å². The Morgan fingerprint density at radius 3 is 2.10 bits per heavy atom. The smallest absolute Gasteiger partial charge is 0.235 e. The fourth-order valence-electron chi connectivity index (χ4n) is 5.68. The summed E-state index contributed by atoms with van der Waals surface area (Å²) in [7, 11) is 1.51. The molecule has 2 amide bonds. The van der Waals surface area contributed by atoms with E-state index in [0.717, 1.165) is 24.0 Å². The topological polar surface area (TPSA) is 114 Å². The summed E-state index contributed by atoms with van der Waals surface area (Å²) in [6.45, 7) is 7.79. The minimum absolute atomic E-state index is 0.351. The number of rotatable bonds is 10. The van der Waals surface area contributed by atoms with Crippen LogP contribution >= 0.6 is 0 Å². The Morgan fingerprint density at radius 1 is 0.929 bits per heavy atom. The van der Waals surface area contributed by atoms with Gasteiger partial charge in [-0.15, -0.1) is 0 Å². The van der Waals surface area contributed by atoms with Crippen molar-refractivity contribution in [2.45, 2.75) is 58.5 Å². The van der Waals surface area contributed by atoms with Gasteiger partial charge in [0.15, 0.2) is 11.5 Å².